The summed E-state index contributed by atoms with van der Waals surface area (Å²) in [5.74, 6) is -0.143. The Morgan fingerprint density at radius 3 is 2.76 bits per heavy atom. The molecule has 5 nitrogen and oxygen atoms in total. The lowest BCUT2D eigenvalue weighted by atomic mass is 10.0. The van der Waals surface area contributed by atoms with Crippen LogP contribution in [-0.4, -0.2) is 31.5 Å². The molecule has 21 heavy (non-hydrogen) atoms. The first kappa shape index (κ1) is 15.0. The molecule has 0 aliphatic carbocycles. The van der Waals surface area contributed by atoms with Gasteiger partial charge in [-0.1, -0.05) is 18.2 Å². The minimum Gasteiger partial charge on any atom is -0.376 e. The molecule has 0 bridgehead atoms. The third-order valence-electron chi connectivity index (χ3n) is 3.20. The maximum absolute atomic E-state index is 12.5. The van der Waals surface area contributed by atoms with Crippen LogP contribution in [0.3, 0.4) is 0 Å². The number of hydrogen-bond acceptors (Lipinski definition) is 4. The number of hydrogen-bond donors (Lipinski definition) is 2. The Hall–Kier alpha value is -2.40. The van der Waals surface area contributed by atoms with Crippen molar-refractivity contribution in [3.05, 3.63) is 53.9 Å². The molecule has 110 valence electrons. The quantitative estimate of drug-likeness (QED) is 0.879. The van der Waals surface area contributed by atoms with Crippen LogP contribution in [0.5, 0.6) is 0 Å². The molecule has 5 heteroatoms. The number of carbonyl (C=O) groups excluding carboxylic acids is 1. The largest absolute Gasteiger partial charge is 0.376 e. The van der Waals surface area contributed by atoms with Crippen LogP contribution < -0.4 is 16.0 Å². The summed E-state index contributed by atoms with van der Waals surface area (Å²) in [6, 6.07) is 9.37. The molecule has 0 spiro atoms. The first-order valence-corrected chi connectivity index (χ1v) is 6.84. The number of nitrogens with one attached hydrogen (secondary N) is 1. The SMILES string of the molecule is CN(C)c1ccncc1NC(=O)c1ccccc1CCN. The van der Waals surface area contributed by atoms with Gasteiger partial charge in [-0.3, -0.25) is 9.78 Å². The Morgan fingerprint density at radius 1 is 1.29 bits per heavy atom. The van der Waals surface area contributed by atoms with E-state index < -0.39 is 0 Å². The summed E-state index contributed by atoms with van der Waals surface area (Å²) < 4.78 is 0. The van der Waals surface area contributed by atoms with Gasteiger partial charge in [0.1, 0.15) is 0 Å². The van der Waals surface area contributed by atoms with Crippen LogP contribution in [0.15, 0.2) is 42.7 Å². The Kier molecular flexibility index (Phi) is 4.90. The van der Waals surface area contributed by atoms with E-state index in [9.17, 15) is 4.79 Å². The Morgan fingerprint density at radius 2 is 2.05 bits per heavy atom. The number of anilines is 2. The van der Waals surface area contributed by atoms with Gasteiger partial charge in [0.2, 0.25) is 0 Å². The number of carbonyl (C=O) groups is 1. The van der Waals surface area contributed by atoms with Gasteiger partial charge in [-0.25, -0.2) is 0 Å². The second-order valence-corrected chi connectivity index (χ2v) is 4.94. The molecule has 0 atom stereocenters. The molecule has 0 saturated carbocycles. The highest BCUT2D eigenvalue weighted by atomic mass is 16.1. The fraction of sp³-hybridized carbons (Fsp3) is 0.250. The first-order chi connectivity index (χ1) is 10.1. The molecular formula is C16H20N4O. The van der Waals surface area contributed by atoms with E-state index in [0.29, 0.717) is 24.2 Å². The van der Waals surface area contributed by atoms with Gasteiger partial charge in [-0.15, -0.1) is 0 Å². The van der Waals surface area contributed by atoms with Crippen LogP contribution in [0.4, 0.5) is 11.4 Å². The molecule has 1 heterocycles. The fourth-order valence-electron chi connectivity index (χ4n) is 2.18. The van der Waals surface area contributed by atoms with E-state index in [1.807, 2.05) is 49.3 Å². The third-order valence-corrected chi connectivity index (χ3v) is 3.20. The molecule has 0 radical (unpaired) electrons. The predicted octanol–water partition coefficient (Wildman–Crippen LogP) is 1.90. The van der Waals surface area contributed by atoms with Crippen molar-refractivity contribution < 1.29 is 4.79 Å². The van der Waals surface area contributed by atoms with E-state index in [-0.39, 0.29) is 5.91 Å². The second kappa shape index (κ2) is 6.85. The maximum Gasteiger partial charge on any atom is 0.256 e. The molecule has 1 aromatic heterocycles. The zero-order valence-electron chi connectivity index (χ0n) is 12.3. The summed E-state index contributed by atoms with van der Waals surface area (Å²) in [4.78, 5) is 18.5. The van der Waals surface area contributed by atoms with Gasteiger partial charge in [-0.2, -0.15) is 0 Å². The third kappa shape index (κ3) is 3.58. The van der Waals surface area contributed by atoms with Gasteiger partial charge in [0.15, 0.2) is 0 Å². The highest BCUT2D eigenvalue weighted by Gasteiger charge is 2.13. The van der Waals surface area contributed by atoms with Crippen molar-refractivity contribution >= 4 is 17.3 Å². The van der Waals surface area contributed by atoms with Crippen LogP contribution in [0.2, 0.25) is 0 Å². The molecule has 2 aromatic rings. The molecule has 1 aromatic carbocycles. The molecule has 0 aliphatic heterocycles. The summed E-state index contributed by atoms with van der Waals surface area (Å²) in [7, 11) is 3.85. The van der Waals surface area contributed by atoms with E-state index in [1.165, 1.54) is 0 Å². The first-order valence-electron chi connectivity index (χ1n) is 6.84. The van der Waals surface area contributed by atoms with Gasteiger partial charge in [0, 0.05) is 25.9 Å². The average Bonchev–Trinajstić information content (AvgIpc) is 2.48. The highest BCUT2D eigenvalue weighted by molar-refractivity contribution is 6.06. The Balaban J connectivity index is 2.27. The molecule has 0 unspecified atom stereocenters. The van der Waals surface area contributed by atoms with Gasteiger partial charge >= 0.3 is 0 Å². The number of rotatable bonds is 5. The zero-order valence-corrected chi connectivity index (χ0v) is 12.3. The number of nitrogens with zero attached hydrogens (tertiary/aromatic N) is 2. The molecule has 2 rings (SSSR count). The molecular weight excluding hydrogens is 264 g/mol. The monoisotopic (exact) mass is 284 g/mol. The van der Waals surface area contributed by atoms with Gasteiger partial charge in [0.25, 0.3) is 5.91 Å². The van der Waals surface area contributed by atoms with Crippen molar-refractivity contribution in [2.45, 2.75) is 6.42 Å². The number of amides is 1. The smallest absolute Gasteiger partial charge is 0.256 e. The maximum atomic E-state index is 12.5. The fourth-order valence-corrected chi connectivity index (χ4v) is 2.18. The molecule has 3 N–H and O–H groups in total. The predicted molar refractivity (Wildman–Crippen MR) is 85.7 cm³/mol. The lowest BCUT2D eigenvalue weighted by Gasteiger charge is -2.17. The molecule has 0 fully saturated rings. The van der Waals surface area contributed by atoms with Gasteiger partial charge < -0.3 is 16.0 Å². The lowest BCUT2D eigenvalue weighted by molar-refractivity contribution is 0.102. The number of pyridine rings is 1. The number of nitrogens with two attached hydrogens (primary N) is 1. The van der Waals surface area contributed by atoms with Crippen molar-refractivity contribution in [2.24, 2.45) is 5.73 Å². The minimum atomic E-state index is -0.143. The van der Waals surface area contributed by atoms with Crippen molar-refractivity contribution in [3.8, 4) is 0 Å². The topological polar surface area (TPSA) is 71.2 Å². The Bertz CT molecular complexity index is 625. The second-order valence-electron chi connectivity index (χ2n) is 4.94. The summed E-state index contributed by atoms with van der Waals surface area (Å²) in [5, 5.41) is 2.92. The van der Waals surface area contributed by atoms with Crippen molar-refractivity contribution in [1.82, 2.24) is 4.98 Å². The van der Waals surface area contributed by atoms with Crippen LogP contribution in [0.25, 0.3) is 0 Å². The average molecular weight is 284 g/mol. The Labute approximate surface area is 124 Å². The van der Waals surface area contributed by atoms with E-state index in [4.69, 9.17) is 5.73 Å². The zero-order chi connectivity index (χ0) is 15.2. The standard InChI is InChI=1S/C16H20N4O/c1-20(2)15-8-10-18-11-14(15)19-16(21)13-6-4-3-5-12(13)7-9-17/h3-6,8,10-11H,7,9,17H2,1-2H3,(H,19,21). The van der Waals surface area contributed by atoms with Crippen LogP contribution in [-0.2, 0) is 6.42 Å². The van der Waals surface area contributed by atoms with Crippen molar-refractivity contribution in [3.63, 3.8) is 0 Å². The van der Waals surface area contributed by atoms with E-state index >= 15 is 0 Å². The van der Waals surface area contributed by atoms with Crippen LogP contribution in [0.1, 0.15) is 15.9 Å². The molecule has 1 amide bonds. The van der Waals surface area contributed by atoms with Crippen molar-refractivity contribution in [2.75, 3.05) is 30.9 Å². The summed E-state index contributed by atoms with van der Waals surface area (Å²) in [6.45, 7) is 0.514. The lowest BCUT2D eigenvalue weighted by Crippen LogP contribution is -2.18. The highest BCUT2D eigenvalue weighted by Crippen LogP contribution is 2.23. The van der Waals surface area contributed by atoms with E-state index in [1.54, 1.807) is 12.4 Å². The normalized spacial score (nSPS) is 10.2. The number of aromatic nitrogens is 1. The van der Waals surface area contributed by atoms with Crippen molar-refractivity contribution in [1.29, 1.82) is 0 Å². The number of benzene rings is 1. The summed E-state index contributed by atoms with van der Waals surface area (Å²) in [5.41, 5.74) is 8.80. The van der Waals surface area contributed by atoms with Gasteiger partial charge in [-0.05, 0) is 30.7 Å². The summed E-state index contributed by atoms with van der Waals surface area (Å²) in [6.07, 6.45) is 4.03. The molecule has 0 saturated heterocycles. The van der Waals surface area contributed by atoms with Crippen LogP contribution in [0, 0.1) is 0 Å². The molecule has 0 aliphatic rings. The summed E-state index contributed by atoms with van der Waals surface area (Å²) >= 11 is 0. The van der Waals surface area contributed by atoms with Gasteiger partial charge in [0.05, 0.1) is 17.6 Å². The van der Waals surface area contributed by atoms with Crippen LogP contribution >= 0.6 is 0 Å². The van der Waals surface area contributed by atoms with E-state index in [0.717, 1.165) is 11.3 Å². The minimum absolute atomic E-state index is 0.143. The van der Waals surface area contributed by atoms with E-state index in [2.05, 4.69) is 10.3 Å².